The summed E-state index contributed by atoms with van der Waals surface area (Å²) in [5, 5.41) is 5.35. The van der Waals surface area contributed by atoms with E-state index in [1.807, 2.05) is 27.7 Å². The van der Waals surface area contributed by atoms with E-state index in [0.29, 0.717) is 24.6 Å². The predicted octanol–water partition coefficient (Wildman–Crippen LogP) is 1.90. The molecule has 128 valence electrons. The van der Waals surface area contributed by atoms with Crippen LogP contribution in [0.25, 0.3) is 15.9 Å². The molecule has 3 heterocycles. The normalized spacial score (nSPS) is 11.5. The van der Waals surface area contributed by atoms with Gasteiger partial charge in [0.1, 0.15) is 17.2 Å². The van der Waals surface area contributed by atoms with E-state index in [2.05, 4.69) is 10.1 Å². The Balaban J connectivity index is 2.20. The zero-order valence-electron chi connectivity index (χ0n) is 14.6. The summed E-state index contributed by atoms with van der Waals surface area (Å²) in [6.45, 7) is 10.9. The van der Waals surface area contributed by atoms with E-state index in [1.54, 1.807) is 23.2 Å². The Morgan fingerprint density at radius 2 is 1.88 bits per heavy atom. The second kappa shape index (κ2) is 6.01. The highest BCUT2D eigenvalue weighted by atomic mass is 32.1. The Morgan fingerprint density at radius 1 is 1.21 bits per heavy atom. The van der Waals surface area contributed by atoms with E-state index in [9.17, 15) is 9.59 Å². The summed E-state index contributed by atoms with van der Waals surface area (Å²) in [7, 11) is 0. The van der Waals surface area contributed by atoms with E-state index in [1.165, 1.54) is 9.08 Å². The van der Waals surface area contributed by atoms with Crippen molar-refractivity contribution >= 4 is 33.1 Å². The summed E-state index contributed by atoms with van der Waals surface area (Å²) in [6, 6.07) is 0. The number of amides is 1. The van der Waals surface area contributed by atoms with Crippen molar-refractivity contribution in [3.05, 3.63) is 26.7 Å². The fraction of sp³-hybridized carbons (Fsp3) is 0.500. The lowest BCUT2D eigenvalue weighted by atomic mass is 10.2. The van der Waals surface area contributed by atoms with Crippen LogP contribution in [-0.4, -0.2) is 43.1 Å². The van der Waals surface area contributed by atoms with Crippen LogP contribution in [0.5, 0.6) is 0 Å². The van der Waals surface area contributed by atoms with Crippen LogP contribution in [0.15, 0.2) is 4.79 Å². The van der Waals surface area contributed by atoms with Gasteiger partial charge < -0.3 is 4.90 Å². The average Bonchev–Trinajstić information content (AvgIpc) is 2.99. The highest BCUT2D eigenvalue weighted by molar-refractivity contribution is 7.18. The van der Waals surface area contributed by atoms with Crippen LogP contribution >= 0.6 is 11.3 Å². The smallest absolute Gasteiger partial charge is 0.342 e. The molecule has 0 saturated heterocycles. The van der Waals surface area contributed by atoms with Crippen LogP contribution in [-0.2, 0) is 11.3 Å². The molecule has 0 spiro atoms. The van der Waals surface area contributed by atoms with Crippen LogP contribution in [0.1, 0.15) is 30.1 Å². The zero-order valence-corrected chi connectivity index (χ0v) is 15.4. The Kier molecular flexibility index (Phi) is 4.16. The molecular weight excluding hydrogens is 326 g/mol. The van der Waals surface area contributed by atoms with Gasteiger partial charge in [0.15, 0.2) is 5.65 Å². The van der Waals surface area contributed by atoms with E-state index < -0.39 is 0 Å². The molecule has 3 aromatic rings. The summed E-state index contributed by atoms with van der Waals surface area (Å²) in [6.07, 6.45) is 0. The lowest BCUT2D eigenvalue weighted by Crippen LogP contribution is -2.36. The third-order valence-electron chi connectivity index (χ3n) is 4.42. The average molecular weight is 347 g/mol. The first-order chi connectivity index (χ1) is 11.4. The van der Waals surface area contributed by atoms with E-state index in [0.717, 1.165) is 20.7 Å². The van der Waals surface area contributed by atoms with E-state index >= 15 is 0 Å². The Hall–Kier alpha value is -2.22. The molecule has 0 radical (unpaired) electrons. The Labute approximate surface area is 143 Å². The number of thiophene rings is 1. The number of hydrogen-bond donors (Lipinski definition) is 0. The predicted molar refractivity (Wildman–Crippen MR) is 94.8 cm³/mol. The molecule has 0 aliphatic carbocycles. The van der Waals surface area contributed by atoms with Gasteiger partial charge in [-0.1, -0.05) is 0 Å². The van der Waals surface area contributed by atoms with Crippen molar-refractivity contribution in [3.8, 4) is 0 Å². The Bertz CT molecular complexity index is 994. The maximum absolute atomic E-state index is 12.7. The minimum Gasteiger partial charge on any atom is -0.342 e. The Morgan fingerprint density at radius 3 is 2.50 bits per heavy atom. The van der Waals surface area contributed by atoms with Gasteiger partial charge in [0.05, 0.1) is 5.39 Å². The largest absolute Gasteiger partial charge is 0.352 e. The van der Waals surface area contributed by atoms with Gasteiger partial charge in [0.2, 0.25) is 5.91 Å². The summed E-state index contributed by atoms with van der Waals surface area (Å²) < 4.78 is 2.74. The summed E-state index contributed by atoms with van der Waals surface area (Å²) in [5.41, 5.74) is 1.34. The lowest BCUT2D eigenvalue weighted by molar-refractivity contribution is -0.131. The molecule has 0 atom stereocenters. The summed E-state index contributed by atoms with van der Waals surface area (Å²) in [4.78, 5) is 33.3. The number of carbonyl (C=O) groups excluding carboxylic acids is 1. The second-order valence-corrected chi connectivity index (χ2v) is 6.99. The SMILES string of the molecule is CCN(CC)C(=O)Cn1nc2c3c(C)c(C)sc3nc(C)n2c1=O. The van der Waals surface area contributed by atoms with E-state index in [4.69, 9.17) is 0 Å². The third kappa shape index (κ3) is 2.41. The highest BCUT2D eigenvalue weighted by Gasteiger charge is 2.20. The van der Waals surface area contributed by atoms with Crippen LogP contribution < -0.4 is 5.69 Å². The molecule has 0 fully saturated rings. The minimum atomic E-state index is -0.319. The second-order valence-electron chi connectivity index (χ2n) is 5.79. The number of likely N-dealkylation sites (N-methyl/N-ethyl adjacent to an activating group) is 1. The number of aromatic nitrogens is 4. The van der Waals surface area contributed by atoms with Crippen molar-refractivity contribution < 1.29 is 4.79 Å². The molecule has 3 rings (SSSR count). The molecule has 0 aromatic carbocycles. The fourth-order valence-electron chi connectivity index (χ4n) is 2.92. The number of hydrogen-bond acceptors (Lipinski definition) is 5. The van der Waals surface area contributed by atoms with Gasteiger partial charge in [-0.25, -0.2) is 18.9 Å². The molecule has 7 nitrogen and oxygen atoms in total. The van der Waals surface area contributed by atoms with Crippen LogP contribution in [0.2, 0.25) is 0 Å². The van der Waals surface area contributed by atoms with Gasteiger partial charge >= 0.3 is 5.69 Å². The number of nitrogens with zero attached hydrogens (tertiary/aromatic N) is 5. The van der Waals surface area contributed by atoms with Gasteiger partial charge in [0.25, 0.3) is 0 Å². The first kappa shape index (κ1) is 16.6. The maximum Gasteiger partial charge on any atom is 0.352 e. The molecule has 0 unspecified atom stereocenters. The standard InChI is InChI=1S/C16H21N5O2S/c1-6-19(7-2)12(22)8-20-16(23)21-11(5)17-15-13(14(21)18-20)9(3)10(4)24-15/h6-8H2,1-5H3. The van der Waals surface area contributed by atoms with Crippen molar-refractivity contribution in [1.82, 2.24) is 24.1 Å². The van der Waals surface area contributed by atoms with Crippen molar-refractivity contribution in [1.29, 1.82) is 0 Å². The van der Waals surface area contributed by atoms with Gasteiger partial charge in [-0.3, -0.25) is 4.79 Å². The molecular formula is C16H21N5O2S. The van der Waals surface area contributed by atoms with Crippen molar-refractivity contribution in [3.63, 3.8) is 0 Å². The molecule has 3 aromatic heterocycles. The zero-order chi connectivity index (χ0) is 17.6. The molecule has 0 bridgehead atoms. The molecule has 0 aliphatic rings. The first-order valence-corrected chi connectivity index (χ1v) is 8.84. The van der Waals surface area contributed by atoms with Gasteiger partial charge in [-0.05, 0) is 40.2 Å². The van der Waals surface area contributed by atoms with Gasteiger partial charge in [0, 0.05) is 18.0 Å². The van der Waals surface area contributed by atoms with E-state index in [-0.39, 0.29) is 18.1 Å². The number of rotatable bonds is 4. The molecule has 24 heavy (non-hydrogen) atoms. The quantitative estimate of drug-likeness (QED) is 0.722. The topological polar surface area (TPSA) is 72.5 Å². The molecule has 8 heteroatoms. The van der Waals surface area contributed by atoms with Crippen LogP contribution in [0, 0.1) is 20.8 Å². The van der Waals surface area contributed by atoms with Crippen LogP contribution in [0.4, 0.5) is 0 Å². The minimum absolute atomic E-state index is 0.0503. The lowest BCUT2D eigenvalue weighted by Gasteiger charge is -2.17. The molecule has 0 saturated carbocycles. The number of carbonyl (C=O) groups is 1. The van der Waals surface area contributed by atoms with Crippen molar-refractivity contribution in [2.75, 3.05) is 13.1 Å². The van der Waals surface area contributed by atoms with Crippen molar-refractivity contribution in [2.45, 2.75) is 41.2 Å². The third-order valence-corrected chi connectivity index (χ3v) is 5.52. The molecule has 0 N–H and O–H groups in total. The molecule has 1 amide bonds. The summed E-state index contributed by atoms with van der Waals surface area (Å²) in [5.74, 6) is 0.482. The monoisotopic (exact) mass is 347 g/mol. The van der Waals surface area contributed by atoms with Crippen molar-refractivity contribution in [2.24, 2.45) is 0 Å². The molecule has 0 aliphatic heterocycles. The van der Waals surface area contributed by atoms with Gasteiger partial charge in [-0.15, -0.1) is 16.4 Å². The van der Waals surface area contributed by atoms with Crippen LogP contribution in [0.3, 0.4) is 0 Å². The first-order valence-electron chi connectivity index (χ1n) is 8.02. The summed E-state index contributed by atoms with van der Waals surface area (Å²) >= 11 is 1.60. The fourth-order valence-corrected chi connectivity index (χ4v) is 3.99. The highest BCUT2D eigenvalue weighted by Crippen LogP contribution is 2.31. The number of aryl methyl sites for hydroxylation is 3. The number of fused-ring (bicyclic) bond motifs is 3. The maximum atomic E-state index is 12.7. The van der Waals surface area contributed by atoms with Gasteiger partial charge in [-0.2, -0.15) is 0 Å².